The molecule has 2 N–H and O–H groups in total. The van der Waals surface area contributed by atoms with Crippen molar-refractivity contribution in [1.82, 2.24) is 0 Å². The first-order valence-electron chi connectivity index (χ1n) is 6.24. The lowest BCUT2D eigenvalue weighted by molar-refractivity contribution is 0.617. The molecule has 0 spiro atoms. The van der Waals surface area contributed by atoms with E-state index in [4.69, 9.17) is 5.73 Å². The Morgan fingerprint density at radius 2 is 1.79 bits per heavy atom. The van der Waals surface area contributed by atoms with Crippen LogP contribution in [0.5, 0.6) is 0 Å². The summed E-state index contributed by atoms with van der Waals surface area (Å²) in [7, 11) is 0. The van der Waals surface area contributed by atoms with Gasteiger partial charge in [-0.05, 0) is 60.7 Å². The summed E-state index contributed by atoms with van der Waals surface area (Å²) in [5, 5.41) is 0. The zero-order valence-corrected chi connectivity index (χ0v) is 12.7. The lowest BCUT2D eigenvalue weighted by atomic mass is 9.93. The average molecular weight is 322 g/mol. The van der Waals surface area contributed by atoms with Crippen molar-refractivity contribution in [2.24, 2.45) is 5.73 Å². The number of benzene rings is 2. The quantitative estimate of drug-likeness (QED) is 0.888. The van der Waals surface area contributed by atoms with Gasteiger partial charge in [0.05, 0.1) is 0 Å². The highest BCUT2D eigenvalue weighted by Gasteiger charge is 2.14. The van der Waals surface area contributed by atoms with Crippen LogP contribution in [0.4, 0.5) is 4.39 Å². The third kappa shape index (κ3) is 3.23. The normalized spacial score (nSPS) is 12.5. The average Bonchev–Trinajstić information content (AvgIpc) is 2.37. The van der Waals surface area contributed by atoms with E-state index in [1.54, 1.807) is 6.07 Å². The van der Waals surface area contributed by atoms with E-state index in [9.17, 15) is 4.39 Å². The van der Waals surface area contributed by atoms with Crippen molar-refractivity contribution in [2.75, 3.05) is 0 Å². The van der Waals surface area contributed by atoms with Gasteiger partial charge in [0.1, 0.15) is 5.82 Å². The highest BCUT2D eigenvalue weighted by atomic mass is 79.9. The first kappa shape index (κ1) is 14.2. The second-order valence-corrected chi connectivity index (χ2v) is 5.70. The van der Waals surface area contributed by atoms with Crippen LogP contribution < -0.4 is 5.73 Å². The number of hydrogen-bond donors (Lipinski definition) is 1. The summed E-state index contributed by atoms with van der Waals surface area (Å²) in [5.41, 5.74) is 10.7. The fraction of sp³-hybridized carbons (Fsp3) is 0.250. The third-order valence-corrected chi connectivity index (χ3v) is 4.15. The monoisotopic (exact) mass is 321 g/mol. The molecule has 1 nitrogen and oxygen atoms in total. The smallest absolute Gasteiger partial charge is 0.123 e. The molecule has 0 aromatic heterocycles. The summed E-state index contributed by atoms with van der Waals surface area (Å²) in [6, 6.07) is 10.6. The van der Waals surface area contributed by atoms with Crippen LogP contribution >= 0.6 is 15.9 Å². The second-order valence-electron chi connectivity index (χ2n) is 4.85. The van der Waals surface area contributed by atoms with Crippen LogP contribution in [0.1, 0.15) is 28.3 Å². The standard InChI is InChI=1S/C16H17BrFN/c1-10-4-3-5-11(2)13(10)9-16(19)14-8-12(18)6-7-15(14)17/h3-8,16H,9,19H2,1-2H3. The van der Waals surface area contributed by atoms with Crippen LogP contribution in [-0.2, 0) is 6.42 Å². The van der Waals surface area contributed by atoms with E-state index < -0.39 is 0 Å². The van der Waals surface area contributed by atoms with Crippen LogP contribution in [0.2, 0.25) is 0 Å². The molecule has 0 aliphatic carbocycles. The van der Waals surface area contributed by atoms with Crippen molar-refractivity contribution in [3.63, 3.8) is 0 Å². The van der Waals surface area contributed by atoms with E-state index >= 15 is 0 Å². The van der Waals surface area contributed by atoms with Crippen LogP contribution in [-0.4, -0.2) is 0 Å². The zero-order chi connectivity index (χ0) is 14.0. The van der Waals surface area contributed by atoms with E-state index in [1.807, 2.05) is 6.07 Å². The molecule has 19 heavy (non-hydrogen) atoms. The SMILES string of the molecule is Cc1cccc(C)c1CC(N)c1cc(F)ccc1Br. The number of hydrogen-bond acceptors (Lipinski definition) is 1. The number of nitrogens with two attached hydrogens (primary N) is 1. The molecule has 0 heterocycles. The predicted molar refractivity (Wildman–Crippen MR) is 80.6 cm³/mol. The Hall–Kier alpha value is -1.19. The molecule has 0 amide bonds. The Bertz CT molecular complexity index is 575. The van der Waals surface area contributed by atoms with E-state index in [0.717, 1.165) is 10.0 Å². The van der Waals surface area contributed by atoms with E-state index in [0.29, 0.717) is 6.42 Å². The molecule has 0 radical (unpaired) electrons. The highest BCUT2D eigenvalue weighted by Crippen LogP contribution is 2.27. The van der Waals surface area contributed by atoms with Crippen LogP contribution in [0, 0.1) is 19.7 Å². The van der Waals surface area contributed by atoms with Crippen molar-refractivity contribution in [3.05, 3.63) is 68.9 Å². The lowest BCUT2D eigenvalue weighted by Gasteiger charge is -2.17. The molecule has 0 fully saturated rings. The molecule has 0 aliphatic rings. The summed E-state index contributed by atoms with van der Waals surface area (Å²) in [6.07, 6.45) is 0.709. The van der Waals surface area contributed by atoms with Crippen molar-refractivity contribution in [3.8, 4) is 0 Å². The molecule has 0 aliphatic heterocycles. The van der Waals surface area contributed by atoms with Crippen LogP contribution in [0.3, 0.4) is 0 Å². The van der Waals surface area contributed by atoms with Crippen LogP contribution in [0.25, 0.3) is 0 Å². The van der Waals surface area contributed by atoms with Gasteiger partial charge in [-0.25, -0.2) is 4.39 Å². The highest BCUT2D eigenvalue weighted by molar-refractivity contribution is 9.10. The van der Waals surface area contributed by atoms with Gasteiger partial charge in [-0.1, -0.05) is 34.1 Å². The third-order valence-electron chi connectivity index (χ3n) is 3.43. The van der Waals surface area contributed by atoms with Crippen LogP contribution in [0.15, 0.2) is 40.9 Å². The predicted octanol–water partition coefficient (Wildman–Crippen LogP) is 4.45. The minimum Gasteiger partial charge on any atom is -0.324 e. The molecule has 0 bridgehead atoms. The van der Waals surface area contributed by atoms with E-state index in [-0.39, 0.29) is 11.9 Å². The summed E-state index contributed by atoms with van der Waals surface area (Å²) < 4.78 is 14.2. The molecule has 1 atom stereocenters. The molecule has 2 rings (SSSR count). The van der Waals surface area contributed by atoms with Crippen molar-refractivity contribution < 1.29 is 4.39 Å². The van der Waals surface area contributed by atoms with Crippen molar-refractivity contribution in [2.45, 2.75) is 26.3 Å². The minimum atomic E-state index is -0.254. The molecule has 1 unspecified atom stereocenters. The van der Waals surface area contributed by atoms with Gasteiger partial charge in [0, 0.05) is 10.5 Å². The number of halogens is 2. The van der Waals surface area contributed by atoms with Gasteiger partial charge >= 0.3 is 0 Å². The van der Waals surface area contributed by atoms with Gasteiger partial charge in [-0.2, -0.15) is 0 Å². The topological polar surface area (TPSA) is 26.0 Å². The minimum absolute atomic E-state index is 0.218. The summed E-state index contributed by atoms with van der Waals surface area (Å²) in [4.78, 5) is 0. The van der Waals surface area contributed by atoms with Gasteiger partial charge in [0.2, 0.25) is 0 Å². The lowest BCUT2D eigenvalue weighted by Crippen LogP contribution is -2.15. The molecule has 0 saturated carbocycles. The number of rotatable bonds is 3. The fourth-order valence-electron chi connectivity index (χ4n) is 2.30. The van der Waals surface area contributed by atoms with Gasteiger partial charge in [-0.3, -0.25) is 0 Å². The molecule has 2 aromatic rings. The first-order valence-corrected chi connectivity index (χ1v) is 7.04. The molecule has 3 heteroatoms. The molecule has 100 valence electrons. The Balaban J connectivity index is 2.31. The van der Waals surface area contributed by atoms with E-state index in [1.165, 1.54) is 28.8 Å². The maximum atomic E-state index is 13.3. The van der Waals surface area contributed by atoms with Crippen molar-refractivity contribution >= 4 is 15.9 Å². The summed E-state index contributed by atoms with van der Waals surface area (Å²) >= 11 is 3.43. The molecular formula is C16H17BrFN. The maximum Gasteiger partial charge on any atom is 0.123 e. The fourth-order valence-corrected chi connectivity index (χ4v) is 2.84. The van der Waals surface area contributed by atoms with Gasteiger partial charge < -0.3 is 5.73 Å². The van der Waals surface area contributed by atoms with Gasteiger partial charge in [0.25, 0.3) is 0 Å². The van der Waals surface area contributed by atoms with Gasteiger partial charge in [-0.15, -0.1) is 0 Å². The summed E-state index contributed by atoms with van der Waals surface area (Å²) in [6.45, 7) is 4.16. The Kier molecular flexibility index (Phi) is 4.38. The molecule has 2 aromatic carbocycles. The number of aryl methyl sites for hydroxylation is 2. The first-order chi connectivity index (χ1) is 8.99. The van der Waals surface area contributed by atoms with E-state index in [2.05, 4.69) is 41.9 Å². The van der Waals surface area contributed by atoms with Crippen molar-refractivity contribution in [1.29, 1.82) is 0 Å². The second kappa shape index (κ2) is 5.85. The Morgan fingerprint density at radius 3 is 2.42 bits per heavy atom. The molecule has 0 saturated heterocycles. The zero-order valence-electron chi connectivity index (χ0n) is 11.1. The van der Waals surface area contributed by atoms with Gasteiger partial charge in [0.15, 0.2) is 0 Å². The maximum absolute atomic E-state index is 13.3. The molecular weight excluding hydrogens is 305 g/mol. The summed E-state index contributed by atoms with van der Waals surface area (Å²) in [5.74, 6) is -0.254. The Labute approximate surface area is 121 Å². The Morgan fingerprint density at radius 1 is 1.16 bits per heavy atom. The largest absolute Gasteiger partial charge is 0.324 e.